The maximum atomic E-state index is 13.5. The van der Waals surface area contributed by atoms with Gasteiger partial charge in [-0.1, -0.05) is 6.58 Å². The van der Waals surface area contributed by atoms with Crippen molar-refractivity contribution in [2.75, 3.05) is 13.2 Å². The van der Waals surface area contributed by atoms with Crippen LogP contribution in [-0.2, 0) is 0 Å². The molecule has 0 unspecified atom stereocenters. The molecule has 4 heteroatoms. The summed E-state index contributed by atoms with van der Waals surface area (Å²) in [5, 5.41) is 11.9. The monoisotopic (exact) mass is 246 g/mol. The summed E-state index contributed by atoms with van der Waals surface area (Å²) in [5.74, 6) is -0.362. The first-order chi connectivity index (χ1) is 8.69. The smallest absolute Gasteiger partial charge is 0.166 e. The zero-order chi connectivity index (χ0) is 13.0. The Morgan fingerprint density at radius 1 is 1.56 bits per heavy atom. The molecule has 0 aromatic heterocycles. The van der Waals surface area contributed by atoms with Gasteiger partial charge in [-0.3, -0.25) is 0 Å². The van der Waals surface area contributed by atoms with Crippen LogP contribution < -0.4 is 10.1 Å². The summed E-state index contributed by atoms with van der Waals surface area (Å²) < 4.78 is 18.8. The molecule has 2 rings (SSSR count). The van der Waals surface area contributed by atoms with E-state index in [1.807, 2.05) is 6.07 Å². The second-order valence-electron chi connectivity index (χ2n) is 4.45. The maximum Gasteiger partial charge on any atom is 0.166 e. The van der Waals surface area contributed by atoms with E-state index in [2.05, 4.69) is 11.9 Å². The van der Waals surface area contributed by atoms with Crippen LogP contribution in [0.15, 0.2) is 30.4 Å². The Bertz CT molecular complexity index is 489. The molecule has 0 heterocycles. The molecule has 1 aliphatic carbocycles. The maximum absolute atomic E-state index is 13.5. The quantitative estimate of drug-likeness (QED) is 0.784. The fourth-order valence-electron chi connectivity index (χ4n) is 1.49. The van der Waals surface area contributed by atoms with Crippen molar-refractivity contribution >= 4 is 0 Å². The third-order valence-corrected chi connectivity index (χ3v) is 2.71. The molecule has 0 saturated heterocycles. The normalized spacial score (nSPS) is 14.0. The van der Waals surface area contributed by atoms with Crippen molar-refractivity contribution in [3.63, 3.8) is 0 Å². The Hall–Kier alpha value is -1.86. The molecule has 0 atom stereocenters. The SMILES string of the molecule is C=C(CNC1CC1)COc1ccc(C#N)cc1F. The fraction of sp³-hybridized carbons (Fsp3) is 0.357. The van der Waals surface area contributed by atoms with Gasteiger partial charge in [0.2, 0.25) is 0 Å². The van der Waals surface area contributed by atoms with Gasteiger partial charge in [0.1, 0.15) is 6.61 Å². The Labute approximate surface area is 106 Å². The van der Waals surface area contributed by atoms with Crippen molar-refractivity contribution in [1.82, 2.24) is 5.32 Å². The van der Waals surface area contributed by atoms with Gasteiger partial charge in [0.15, 0.2) is 11.6 Å². The summed E-state index contributed by atoms with van der Waals surface area (Å²) in [4.78, 5) is 0. The van der Waals surface area contributed by atoms with E-state index in [1.165, 1.54) is 31.0 Å². The minimum atomic E-state index is -0.517. The van der Waals surface area contributed by atoms with Gasteiger partial charge in [0.05, 0.1) is 11.6 Å². The topological polar surface area (TPSA) is 45.0 Å². The van der Waals surface area contributed by atoms with Crippen molar-refractivity contribution in [2.24, 2.45) is 0 Å². The molecule has 1 aliphatic rings. The van der Waals surface area contributed by atoms with Gasteiger partial charge in [0.25, 0.3) is 0 Å². The van der Waals surface area contributed by atoms with Gasteiger partial charge in [-0.05, 0) is 36.6 Å². The Kier molecular flexibility index (Phi) is 3.96. The molecular weight excluding hydrogens is 231 g/mol. The number of nitriles is 1. The van der Waals surface area contributed by atoms with Crippen LogP contribution in [0.5, 0.6) is 5.75 Å². The van der Waals surface area contributed by atoms with E-state index in [0.717, 1.165) is 5.57 Å². The molecule has 18 heavy (non-hydrogen) atoms. The van der Waals surface area contributed by atoms with Crippen LogP contribution in [0.2, 0.25) is 0 Å². The largest absolute Gasteiger partial charge is 0.486 e. The lowest BCUT2D eigenvalue weighted by Crippen LogP contribution is -2.21. The van der Waals surface area contributed by atoms with Crippen molar-refractivity contribution in [3.8, 4) is 11.8 Å². The van der Waals surface area contributed by atoms with E-state index in [4.69, 9.17) is 10.00 Å². The van der Waals surface area contributed by atoms with Gasteiger partial charge < -0.3 is 10.1 Å². The average Bonchev–Trinajstić information content (AvgIpc) is 3.18. The first-order valence-electron chi connectivity index (χ1n) is 5.91. The van der Waals surface area contributed by atoms with E-state index < -0.39 is 5.82 Å². The number of nitrogens with one attached hydrogen (secondary N) is 1. The molecule has 1 aromatic carbocycles. The summed E-state index contributed by atoms with van der Waals surface area (Å²) in [6, 6.07) is 6.66. The summed E-state index contributed by atoms with van der Waals surface area (Å²) >= 11 is 0. The number of halogens is 1. The molecular formula is C14H15FN2O. The average molecular weight is 246 g/mol. The summed E-state index contributed by atoms with van der Waals surface area (Å²) in [6.45, 7) is 4.85. The lowest BCUT2D eigenvalue weighted by atomic mass is 10.2. The highest BCUT2D eigenvalue weighted by Gasteiger charge is 2.20. The van der Waals surface area contributed by atoms with E-state index in [9.17, 15) is 4.39 Å². The molecule has 1 aromatic rings. The first-order valence-corrected chi connectivity index (χ1v) is 5.91. The van der Waals surface area contributed by atoms with E-state index >= 15 is 0 Å². The lowest BCUT2D eigenvalue weighted by molar-refractivity contribution is 0.329. The third-order valence-electron chi connectivity index (χ3n) is 2.71. The van der Waals surface area contributed by atoms with Gasteiger partial charge in [-0.25, -0.2) is 4.39 Å². The predicted molar refractivity (Wildman–Crippen MR) is 66.8 cm³/mol. The number of ether oxygens (including phenoxy) is 1. The second kappa shape index (κ2) is 5.65. The molecule has 94 valence electrons. The van der Waals surface area contributed by atoms with Gasteiger partial charge in [-0.15, -0.1) is 0 Å². The van der Waals surface area contributed by atoms with Crippen LogP contribution in [0.1, 0.15) is 18.4 Å². The van der Waals surface area contributed by atoms with Crippen molar-refractivity contribution < 1.29 is 9.13 Å². The van der Waals surface area contributed by atoms with E-state index in [0.29, 0.717) is 12.6 Å². The minimum absolute atomic E-state index is 0.154. The van der Waals surface area contributed by atoms with Gasteiger partial charge in [0, 0.05) is 12.6 Å². The highest BCUT2D eigenvalue weighted by molar-refractivity contribution is 5.36. The number of hydrogen-bond donors (Lipinski definition) is 1. The van der Waals surface area contributed by atoms with Crippen molar-refractivity contribution in [2.45, 2.75) is 18.9 Å². The molecule has 0 bridgehead atoms. The number of benzene rings is 1. The molecule has 1 saturated carbocycles. The van der Waals surface area contributed by atoms with E-state index in [1.54, 1.807) is 0 Å². The van der Waals surface area contributed by atoms with Gasteiger partial charge >= 0.3 is 0 Å². The standard InChI is InChI=1S/C14H15FN2O/c1-10(8-17-12-3-4-12)9-18-14-5-2-11(7-16)6-13(14)15/h2,5-6,12,17H,1,3-4,8-9H2. The molecule has 1 fully saturated rings. The van der Waals surface area contributed by atoms with Crippen LogP contribution in [0.4, 0.5) is 4.39 Å². The van der Waals surface area contributed by atoms with Crippen molar-refractivity contribution in [3.05, 3.63) is 41.7 Å². The number of rotatable bonds is 6. The summed E-state index contributed by atoms with van der Waals surface area (Å²) in [5.41, 5.74) is 1.17. The molecule has 0 radical (unpaired) electrons. The Morgan fingerprint density at radius 3 is 2.94 bits per heavy atom. The van der Waals surface area contributed by atoms with Crippen molar-refractivity contribution in [1.29, 1.82) is 5.26 Å². The lowest BCUT2D eigenvalue weighted by Gasteiger charge is -2.10. The van der Waals surface area contributed by atoms with E-state index in [-0.39, 0.29) is 17.9 Å². The molecule has 0 spiro atoms. The van der Waals surface area contributed by atoms with Crippen LogP contribution in [0.3, 0.4) is 0 Å². The Balaban J connectivity index is 1.81. The predicted octanol–water partition coefficient (Wildman–Crippen LogP) is 2.38. The van der Waals surface area contributed by atoms with Gasteiger partial charge in [-0.2, -0.15) is 5.26 Å². The van der Waals surface area contributed by atoms with Crippen LogP contribution in [0, 0.1) is 17.1 Å². The molecule has 0 amide bonds. The highest BCUT2D eigenvalue weighted by Crippen LogP contribution is 2.20. The fourth-order valence-corrected chi connectivity index (χ4v) is 1.49. The van der Waals surface area contributed by atoms with Crippen LogP contribution in [-0.4, -0.2) is 19.2 Å². The third kappa shape index (κ3) is 3.57. The summed E-state index contributed by atoms with van der Waals surface area (Å²) in [6.07, 6.45) is 2.44. The number of hydrogen-bond acceptors (Lipinski definition) is 3. The first kappa shape index (κ1) is 12.6. The van der Waals surface area contributed by atoms with Crippen LogP contribution in [0.25, 0.3) is 0 Å². The molecule has 1 N–H and O–H groups in total. The zero-order valence-electron chi connectivity index (χ0n) is 10.1. The minimum Gasteiger partial charge on any atom is -0.486 e. The number of nitrogens with zero attached hydrogens (tertiary/aromatic N) is 1. The summed E-state index contributed by atoms with van der Waals surface area (Å²) in [7, 11) is 0. The van der Waals surface area contributed by atoms with Crippen LogP contribution >= 0.6 is 0 Å². The highest BCUT2D eigenvalue weighted by atomic mass is 19.1. The second-order valence-corrected chi connectivity index (χ2v) is 4.45. The zero-order valence-corrected chi connectivity index (χ0v) is 10.1. The molecule has 0 aliphatic heterocycles. The Morgan fingerprint density at radius 2 is 2.33 bits per heavy atom. The molecule has 3 nitrogen and oxygen atoms in total.